The van der Waals surface area contributed by atoms with Gasteiger partial charge in [-0.25, -0.2) is 0 Å². The maximum Gasteiger partial charge on any atom is 0.211 e. The highest BCUT2D eigenvalue weighted by atomic mass is 16.1. The lowest BCUT2D eigenvalue weighted by Crippen LogP contribution is -1.99. The summed E-state index contributed by atoms with van der Waals surface area (Å²) in [7, 11) is 0. The third-order valence-electron chi connectivity index (χ3n) is 2.48. The van der Waals surface area contributed by atoms with Crippen LogP contribution in [0.4, 0.5) is 5.69 Å². The fourth-order valence-electron chi connectivity index (χ4n) is 1.66. The number of amides is 1. The predicted octanol–water partition coefficient (Wildman–Crippen LogP) is 2.30. The van der Waals surface area contributed by atoms with Gasteiger partial charge in [-0.2, -0.15) is 0 Å². The van der Waals surface area contributed by atoms with Gasteiger partial charge in [0.2, 0.25) is 6.41 Å². The molecular formula is C13H14N2O. The van der Waals surface area contributed by atoms with Crippen molar-refractivity contribution in [3.8, 4) is 0 Å². The number of carbonyl (C=O) groups is 1. The van der Waals surface area contributed by atoms with Crippen LogP contribution in [-0.4, -0.2) is 11.0 Å². The number of nitrogens with one attached hydrogen (secondary N) is 1. The van der Waals surface area contributed by atoms with E-state index >= 15 is 0 Å². The number of hydrogen-bond donors (Lipinski definition) is 1. The molecule has 2 rings (SSSR count). The van der Waals surface area contributed by atoms with Crippen LogP contribution in [0.1, 0.15) is 5.56 Å². The van der Waals surface area contributed by atoms with Crippen LogP contribution in [0.15, 0.2) is 48.8 Å². The number of aryl methyl sites for hydroxylation is 2. The summed E-state index contributed by atoms with van der Waals surface area (Å²) >= 11 is 0. The summed E-state index contributed by atoms with van der Waals surface area (Å²) in [6.07, 6.45) is 5.76. The van der Waals surface area contributed by atoms with Gasteiger partial charge in [-0.3, -0.25) is 4.79 Å². The van der Waals surface area contributed by atoms with Gasteiger partial charge < -0.3 is 9.88 Å². The lowest BCUT2D eigenvalue weighted by atomic mass is 10.1. The van der Waals surface area contributed by atoms with Crippen LogP contribution in [0.5, 0.6) is 0 Å². The average Bonchev–Trinajstić information content (AvgIpc) is 2.80. The van der Waals surface area contributed by atoms with Crippen LogP contribution in [0.25, 0.3) is 0 Å². The molecule has 0 saturated carbocycles. The highest BCUT2D eigenvalue weighted by molar-refractivity contribution is 5.71. The minimum absolute atomic E-state index is 0.699. The molecule has 0 spiro atoms. The number of carbonyl (C=O) groups excluding carboxylic acids is 1. The molecule has 0 aliphatic rings. The third-order valence-corrected chi connectivity index (χ3v) is 2.48. The van der Waals surface area contributed by atoms with Crippen molar-refractivity contribution in [1.29, 1.82) is 0 Å². The Morgan fingerprint density at radius 3 is 2.75 bits per heavy atom. The molecule has 1 heterocycles. The molecule has 1 amide bonds. The first-order valence-electron chi connectivity index (χ1n) is 5.28. The second-order valence-electron chi connectivity index (χ2n) is 3.63. The predicted molar refractivity (Wildman–Crippen MR) is 64.3 cm³/mol. The van der Waals surface area contributed by atoms with Crippen LogP contribution in [-0.2, 0) is 17.8 Å². The van der Waals surface area contributed by atoms with Crippen LogP contribution in [0.3, 0.4) is 0 Å². The Morgan fingerprint density at radius 1 is 1.19 bits per heavy atom. The van der Waals surface area contributed by atoms with E-state index < -0.39 is 0 Å². The normalized spacial score (nSPS) is 10.0. The first kappa shape index (κ1) is 10.5. The van der Waals surface area contributed by atoms with Gasteiger partial charge in [-0.05, 0) is 36.2 Å². The molecule has 0 unspecified atom stereocenters. The molecule has 16 heavy (non-hydrogen) atoms. The summed E-state index contributed by atoms with van der Waals surface area (Å²) in [5.74, 6) is 0. The molecule has 0 bridgehead atoms. The molecule has 0 radical (unpaired) electrons. The fourth-order valence-corrected chi connectivity index (χ4v) is 1.66. The van der Waals surface area contributed by atoms with Crippen LogP contribution < -0.4 is 5.32 Å². The van der Waals surface area contributed by atoms with Crippen LogP contribution in [0, 0.1) is 0 Å². The zero-order valence-corrected chi connectivity index (χ0v) is 8.97. The highest BCUT2D eigenvalue weighted by Crippen LogP contribution is 2.11. The highest BCUT2D eigenvalue weighted by Gasteiger charge is 1.96. The standard InChI is InChI=1S/C13H14N2O/c16-11-14-13-5-3-4-12(10-13)6-9-15-7-1-2-8-15/h1-5,7-8,10-11H,6,9H2,(H,14,16). The maximum atomic E-state index is 10.3. The molecule has 1 aromatic heterocycles. The van der Waals surface area contributed by atoms with Gasteiger partial charge in [-0.1, -0.05) is 12.1 Å². The zero-order chi connectivity index (χ0) is 11.2. The average molecular weight is 214 g/mol. The van der Waals surface area contributed by atoms with Crippen molar-refractivity contribution in [2.75, 3.05) is 5.32 Å². The number of nitrogens with zero attached hydrogens (tertiary/aromatic N) is 1. The van der Waals surface area contributed by atoms with Gasteiger partial charge in [0.15, 0.2) is 0 Å². The molecule has 0 aliphatic heterocycles. The van der Waals surface area contributed by atoms with Gasteiger partial charge in [0.1, 0.15) is 0 Å². The number of anilines is 1. The summed E-state index contributed by atoms with van der Waals surface area (Å²) in [4.78, 5) is 10.3. The van der Waals surface area contributed by atoms with Gasteiger partial charge >= 0.3 is 0 Å². The number of hydrogen-bond acceptors (Lipinski definition) is 1. The monoisotopic (exact) mass is 214 g/mol. The summed E-state index contributed by atoms with van der Waals surface area (Å²) in [6, 6.07) is 11.9. The van der Waals surface area contributed by atoms with Gasteiger partial charge in [-0.15, -0.1) is 0 Å². The quantitative estimate of drug-likeness (QED) is 0.761. The first-order valence-corrected chi connectivity index (χ1v) is 5.28. The van der Waals surface area contributed by atoms with Crippen molar-refractivity contribution in [3.05, 3.63) is 54.4 Å². The topological polar surface area (TPSA) is 34.0 Å². The van der Waals surface area contributed by atoms with Gasteiger partial charge in [0, 0.05) is 24.6 Å². The SMILES string of the molecule is O=CNc1cccc(CCn2cccc2)c1. The molecule has 0 aliphatic carbocycles. The molecule has 3 nitrogen and oxygen atoms in total. The third kappa shape index (κ3) is 2.73. The lowest BCUT2D eigenvalue weighted by molar-refractivity contribution is -0.105. The molecule has 3 heteroatoms. The first-order chi connectivity index (χ1) is 7.88. The number of benzene rings is 1. The van der Waals surface area contributed by atoms with E-state index in [0.29, 0.717) is 6.41 Å². The van der Waals surface area contributed by atoms with E-state index in [0.717, 1.165) is 18.7 Å². The van der Waals surface area contributed by atoms with E-state index in [1.54, 1.807) is 0 Å². The minimum atomic E-state index is 0.699. The largest absolute Gasteiger partial charge is 0.354 e. The second kappa shape index (κ2) is 5.16. The smallest absolute Gasteiger partial charge is 0.211 e. The van der Waals surface area contributed by atoms with Crippen molar-refractivity contribution in [1.82, 2.24) is 4.57 Å². The Kier molecular flexibility index (Phi) is 3.38. The summed E-state index contributed by atoms with van der Waals surface area (Å²) in [6.45, 7) is 0.956. The van der Waals surface area contributed by atoms with Crippen LogP contribution >= 0.6 is 0 Å². The van der Waals surface area contributed by atoms with Crippen molar-refractivity contribution in [2.24, 2.45) is 0 Å². The van der Waals surface area contributed by atoms with Crippen LogP contribution in [0.2, 0.25) is 0 Å². The Hall–Kier alpha value is -2.03. The Bertz CT molecular complexity index is 449. The summed E-state index contributed by atoms with van der Waals surface area (Å²) in [5.41, 5.74) is 2.07. The Labute approximate surface area is 94.7 Å². The molecule has 2 aromatic rings. The molecule has 0 atom stereocenters. The molecular weight excluding hydrogens is 200 g/mol. The molecule has 1 N–H and O–H groups in total. The van der Waals surface area contributed by atoms with Crippen molar-refractivity contribution in [2.45, 2.75) is 13.0 Å². The Morgan fingerprint density at radius 2 is 2.00 bits per heavy atom. The minimum Gasteiger partial charge on any atom is -0.354 e. The molecule has 82 valence electrons. The van der Waals surface area contributed by atoms with E-state index in [1.807, 2.05) is 42.7 Å². The molecule has 0 fully saturated rings. The summed E-state index contributed by atoms with van der Waals surface area (Å²) in [5, 5.41) is 2.65. The van der Waals surface area contributed by atoms with Gasteiger partial charge in [0.25, 0.3) is 0 Å². The van der Waals surface area contributed by atoms with E-state index in [2.05, 4.69) is 16.0 Å². The Balaban J connectivity index is 1.98. The lowest BCUT2D eigenvalue weighted by Gasteiger charge is -2.05. The zero-order valence-electron chi connectivity index (χ0n) is 8.97. The second-order valence-corrected chi connectivity index (χ2v) is 3.63. The molecule has 1 aromatic carbocycles. The van der Waals surface area contributed by atoms with E-state index in [1.165, 1.54) is 5.56 Å². The fraction of sp³-hybridized carbons (Fsp3) is 0.154. The number of rotatable bonds is 5. The van der Waals surface area contributed by atoms with E-state index in [-0.39, 0.29) is 0 Å². The van der Waals surface area contributed by atoms with Crippen molar-refractivity contribution >= 4 is 12.1 Å². The van der Waals surface area contributed by atoms with Crippen molar-refractivity contribution < 1.29 is 4.79 Å². The van der Waals surface area contributed by atoms with Gasteiger partial charge in [0.05, 0.1) is 0 Å². The summed E-state index contributed by atoms with van der Waals surface area (Å²) < 4.78 is 2.14. The van der Waals surface area contributed by atoms with E-state index in [9.17, 15) is 4.79 Å². The van der Waals surface area contributed by atoms with E-state index in [4.69, 9.17) is 0 Å². The maximum absolute atomic E-state index is 10.3. The number of aromatic nitrogens is 1. The molecule has 0 saturated heterocycles. The van der Waals surface area contributed by atoms with Crippen molar-refractivity contribution in [3.63, 3.8) is 0 Å².